The van der Waals surface area contributed by atoms with Crippen LogP contribution in [0.4, 0.5) is 4.39 Å². The normalized spacial score (nSPS) is 22.9. The molecule has 0 saturated carbocycles. The Morgan fingerprint density at radius 2 is 2.19 bits per heavy atom. The Morgan fingerprint density at radius 1 is 1.48 bits per heavy atom. The zero-order valence-electron chi connectivity index (χ0n) is 12.5. The Bertz CT molecular complexity index is 520. The van der Waals surface area contributed by atoms with Crippen molar-refractivity contribution in [1.82, 2.24) is 9.80 Å². The molecule has 0 bridgehead atoms. The highest BCUT2D eigenvalue weighted by Crippen LogP contribution is 2.22. The molecule has 1 aliphatic rings. The van der Waals surface area contributed by atoms with Gasteiger partial charge in [0.2, 0.25) is 0 Å². The summed E-state index contributed by atoms with van der Waals surface area (Å²) in [6, 6.07) is 4.72. The second-order valence-corrected chi connectivity index (χ2v) is 6.00. The number of halogens is 1. The molecule has 0 spiro atoms. The van der Waals surface area contributed by atoms with Crippen LogP contribution in [0.5, 0.6) is 0 Å². The molecule has 1 fully saturated rings. The fourth-order valence-electron chi connectivity index (χ4n) is 2.89. The van der Waals surface area contributed by atoms with Gasteiger partial charge in [-0.25, -0.2) is 4.39 Å². The molecule has 0 radical (unpaired) electrons. The molecule has 0 amide bonds. The van der Waals surface area contributed by atoms with E-state index in [0.717, 1.165) is 18.5 Å². The highest BCUT2D eigenvalue weighted by atomic mass is 19.1. The molecular weight excluding hydrogens is 271 g/mol. The summed E-state index contributed by atoms with van der Waals surface area (Å²) < 4.78 is 13.6. The van der Waals surface area contributed by atoms with Gasteiger partial charge >= 0.3 is 0 Å². The van der Waals surface area contributed by atoms with Crippen LogP contribution in [0.15, 0.2) is 18.2 Å². The van der Waals surface area contributed by atoms with E-state index >= 15 is 0 Å². The molecule has 2 atom stereocenters. The van der Waals surface area contributed by atoms with Gasteiger partial charge in [-0.1, -0.05) is 0 Å². The highest BCUT2D eigenvalue weighted by molar-refractivity contribution is 5.95. The number of likely N-dealkylation sites (N-methyl/N-ethyl adjacent to an activating group) is 1. The number of benzene rings is 1. The largest absolute Gasteiger partial charge is 0.392 e. The molecule has 1 heterocycles. The molecule has 6 heteroatoms. The molecule has 5 nitrogen and oxygen atoms in total. The highest BCUT2D eigenvalue weighted by Gasteiger charge is 2.31. The van der Waals surface area contributed by atoms with Crippen molar-refractivity contribution in [3.63, 3.8) is 0 Å². The number of hydrogen-bond donors (Lipinski definition) is 3. The summed E-state index contributed by atoms with van der Waals surface area (Å²) >= 11 is 0. The van der Waals surface area contributed by atoms with E-state index in [1.807, 2.05) is 14.1 Å². The standard InChI is InChI=1S/C15H23FN4O/c1-19(2)8-13-6-14(21)9-20(13)7-10-3-11(15(17)18)5-12(16)4-10/h3-5,13-14,21H,6-9H2,1-2H3,(H3,17,18). The quantitative estimate of drug-likeness (QED) is 0.549. The van der Waals surface area contributed by atoms with E-state index in [0.29, 0.717) is 18.7 Å². The molecule has 0 aromatic heterocycles. The summed E-state index contributed by atoms with van der Waals surface area (Å²) in [5.74, 6) is -0.524. The van der Waals surface area contributed by atoms with Crippen LogP contribution in [-0.4, -0.2) is 60.1 Å². The number of rotatable bonds is 5. The number of nitrogen functional groups attached to an aromatic ring is 1. The van der Waals surface area contributed by atoms with Crippen molar-refractivity contribution >= 4 is 5.84 Å². The second-order valence-electron chi connectivity index (χ2n) is 6.00. The Morgan fingerprint density at radius 3 is 2.81 bits per heavy atom. The molecule has 1 saturated heterocycles. The summed E-state index contributed by atoms with van der Waals surface area (Å²) in [6.07, 6.45) is 0.392. The number of hydrogen-bond acceptors (Lipinski definition) is 4. The van der Waals surface area contributed by atoms with Gasteiger partial charge in [0, 0.05) is 31.2 Å². The van der Waals surface area contributed by atoms with Crippen LogP contribution >= 0.6 is 0 Å². The maximum absolute atomic E-state index is 13.6. The zero-order valence-corrected chi connectivity index (χ0v) is 12.5. The van der Waals surface area contributed by atoms with Gasteiger partial charge < -0.3 is 15.7 Å². The van der Waals surface area contributed by atoms with Crippen LogP contribution in [0.1, 0.15) is 17.5 Å². The third-order valence-electron chi connectivity index (χ3n) is 3.74. The van der Waals surface area contributed by atoms with Crippen LogP contribution in [-0.2, 0) is 6.54 Å². The predicted octanol–water partition coefficient (Wildman–Crippen LogP) is 0.607. The lowest BCUT2D eigenvalue weighted by Gasteiger charge is -2.26. The third-order valence-corrected chi connectivity index (χ3v) is 3.74. The first-order valence-electron chi connectivity index (χ1n) is 7.06. The minimum Gasteiger partial charge on any atom is -0.392 e. The first-order chi connectivity index (χ1) is 9.85. The molecule has 1 aromatic rings. The van der Waals surface area contributed by atoms with Crippen LogP contribution in [0.3, 0.4) is 0 Å². The number of amidine groups is 1. The van der Waals surface area contributed by atoms with Crippen LogP contribution in [0, 0.1) is 11.2 Å². The number of aliphatic hydroxyl groups excluding tert-OH is 1. The summed E-state index contributed by atoms with van der Waals surface area (Å²) in [4.78, 5) is 4.24. The summed E-state index contributed by atoms with van der Waals surface area (Å²) in [7, 11) is 4.00. The number of nitrogens with zero attached hydrogens (tertiary/aromatic N) is 2. The number of nitrogens with two attached hydrogens (primary N) is 1. The van der Waals surface area contributed by atoms with E-state index in [9.17, 15) is 9.50 Å². The van der Waals surface area contributed by atoms with Crippen molar-refractivity contribution in [2.45, 2.75) is 25.1 Å². The number of β-amino-alcohol motifs (C(OH)–C–C–N with tert-alkyl or cyclic N) is 1. The number of aliphatic hydroxyl groups is 1. The van der Waals surface area contributed by atoms with Gasteiger partial charge in [-0.3, -0.25) is 10.3 Å². The smallest absolute Gasteiger partial charge is 0.124 e. The van der Waals surface area contributed by atoms with Gasteiger partial charge in [-0.2, -0.15) is 0 Å². The molecule has 21 heavy (non-hydrogen) atoms. The fourth-order valence-corrected chi connectivity index (χ4v) is 2.89. The van der Waals surface area contributed by atoms with Gasteiger partial charge in [0.1, 0.15) is 11.7 Å². The van der Waals surface area contributed by atoms with Crippen LogP contribution < -0.4 is 5.73 Å². The zero-order chi connectivity index (χ0) is 15.6. The van der Waals surface area contributed by atoms with E-state index in [1.165, 1.54) is 12.1 Å². The van der Waals surface area contributed by atoms with E-state index in [1.54, 1.807) is 6.07 Å². The van der Waals surface area contributed by atoms with Crippen molar-refractivity contribution in [2.24, 2.45) is 5.73 Å². The van der Waals surface area contributed by atoms with E-state index in [4.69, 9.17) is 11.1 Å². The van der Waals surface area contributed by atoms with Crippen LogP contribution in [0.25, 0.3) is 0 Å². The topological polar surface area (TPSA) is 76.6 Å². The second kappa shape index (κ2) is 6.51. The molecule has 2 rings (SSSR count). The number of nitrogens with one attached hydrogen (secondary N) is 1. The average Bonchev–Trinajstić information content (AvgIpc) is 2.67. The van der Waals surface area contributed by atoms with Gasteiger partial charge in [0.25, 0.3) is 0 Å². The lowest BCUT2D eigenvalue weighted by molar-refractivity contribution is 0.169. The van der Waals surface area contributed by atoms with Crippen molar-refractivity contribution in [1.29, 1.82) is 5.41 Å². The Labute approximate surface area is 124 Å². The lowest BCUT2D eigenvalue weighted by Crippen LogP contribution is -2.37. The van der Waals surface area contributed by atoms with Crippen molar-refractivity contribution in [3.05, 3.63) is 35.1 Å². The Kier molecular flexibility index (Phi) is 4.92. The molecule has 4 N–H and O–H groups in total. The van der Waals surface area contributed by atoms with E-state index in [2.05, 4.69) is 9.80 Å². The van der Waals surface area contributed by atoms with Crippen molar-refractivity contribution in [2.75, 3.05) is 27.2 Å². The van der Waals surface area contributed by atoms with E-state index < -0.39 is 0 Å². The lowest BCUT2D eigenvalue weighted by atomic mass is 10.1. The Balaban J connectivity index is 2.14. The van der Waals surface area contributed by atoms with E-state index in [-0.39, 0.29) is 23.8 Å². The Hall–Kier alpha value is -1.50. The SMILES string of the molecule is CN(C)CC1CC(O)CN1Cc1cc(F)cc(C(=N)N)c1. The van der Waals surface area contributed by atoms with Gasteiger partial charge in [0.05, 0.1) is 6.10 Å². The molecule has 1 aromatic carbocycles. The molecule has 1 aliphatic heterocycles. The molecule has 2 unspecified atom stereocenters. The van der Waals surface area contributed by atoms with Crippen molar-refractivity contribution < 1.29 is 9.50 Å². The monoisotopic (exact) mass is 294 g/mol. The van der Waals surface area contributed by atoms with Gasteiger partial charge in [0.15, 0.2) is 0 Å². The van der Waals surface area contributed by atoms with Gasteiger partial charge in [-0.15, -0.1) is 0 Å². The molecule has 116 valence electrons. The fraction of sp³-hybridized carbons (Fsp3) is 0.533. The van der Waals surface area contributed by atoms with Crippen molar-refractivity contribution in [3.8, 4) is 0 Å². The van der Waals surface area contributed by atoms with Gasteiger partial charge in [-0.05, 0) is 44.3 Å². The number of likely N-dealkylation sites (tertiary alicyclic amines) is 1. The third kappa shape index (κ3) is 4.23. The average molecular weight is 294 g/mol. The maximum atomic E-state index is 13.6. The first-order valence-corrected chi connectivity index (χ1v) is 7.06. The summed E-state index contributed by atoms with van der Waals surface area (Å²) in [6.45, 7) is 1.99. The molecular formula is C15H23FN4O. The molecule has 0 aliphatic carbocycles. The summed E-state index contributed by atoms with van der Waals surface area (Å²) in [5.41, 5.74) is 6.60. The summed E-state index contributed by atoms with van der Waals surface area (Å²) in [5, 5.41) is 17.3. The predicted molar refractivity (Wildman–Crippen MR) is 80.8 cm³/mol. The first kappa shape index (κ1) is 15.9. The minimum atomic E-state index is -0.387. The maximum Gasteiger partial charge on any atom is 0.124 e. The van der Waals surface area contributed by atoms with Crippen LogP contribution in [0.2, 0.25) is 0 Å². The minimum absolute atomic E-state index is 0.137.